The molecule has 4 rings (SSSR count). The van der Waals surface area contributed by atoms with E-state index in [0.29, 0.717) is 24.9 Å². The van der Waals surface area contributed by atoms with Crippen molar-refractivity contribution < 1.29 is 9.53 Å². The summed E-state index contributed by atoms with van der Waals surface area (Å²) in [5.41, 5.74) is 4.82. The zero-order valence-electron chi connectivity index (χ0n) is 21.2. The summed E-state index contributed by atoms with van der Waals surface area (Å²) in [4.78, 5) is 28.1. The summed E-state index contributed by atoms with van der Waals surface area (Å²) in [5.74, 6) is 1.89. The van der Waals surface area contributed by atoms with Crippen molar-refractivity contribution in [2.45, 2.75) is 34.2 Å². The van der Waals surface area contributed by atoms with Gasteiger partial charge in [0.15, 0.2) is 0 Å². The number of anilines is 4. The summed E-state index contributed by atoms with van der Waals surface area (Å²) in [6.45, 7) is 12.4. The van der Waals surface area contributed by atoms with Crippen LogP contribution in [0, 0.1) is 13.8 Å². The van der Waals surface area contributed by atoms with Crippen LogP contribution < -0.4 is 19.9 Å². The predicted molar refractivity (Wildman–Crippen MR) is 141 cm³/mol. The average molecular weight is 475 g/mol. The number of nitrogens with one attached hydrogen (secondary N) is 1. The number of benzene rings is 2. The van der Waals surface area contributed by atoms with Crippen LogP contribution in [-0.4, -0.2) is 54.2 Å². The highest BCUT2D eigenvalue weighted by atomic mass is 16.5. The molecule has 2 amide bonds. The van der Waals surface area contributed by atoms with Gasteiger partial charge >= 0.3 is 6.03 Å². The number of carbonyl (C=O) groups is 1. The quantitative estimate of drug-likeness (QED) is 0.463. The number of aromatic nitrogens is 2. The van der Waals surface area contributed by atoms with Gasteiger partial charge in [0.2, 0.25) is 5.95 Å². The van der Waals surface area contributed by atoms with Crippen LogP contribution in [-0.2, 0) is 6.54 Å². The van der Waals surface area contributed by atoms with Crippen molar-refractivity contribution in [2.75, 3.05) is 48.4 Å². The van der Waals surface area contributed by atoms with Gasteiger partial charge in [0.05, 0.1) is 12.2 Å². The van der Waals surface area contributed by atoms with Gasteiger partial charge in [0, 0.05) is 31.0 Å². The van der Waals surface area contributed by atoms with E-state index in [0.717, 1.165) is 53.4 Å². The van der Waals surface area contributed by atoms with Crippen molar-refractivity contribution in [3.63, 3.8) is 0 Å². The molecule has 1 aromatic heterocycles. The molecule has 2 heterocycles. The molecule has 0 saturated carbocycles. The molecule has 184 valence electrons. The Morgan fingerprint density at radius 3 is 2.40 bits per heavy atom. The standard InChI is InChI=1S/C27H34N6O2/c1-6-32(7-2)15-16-35-23-13-11-22(12-14-23)29-26-28-17-21-18-33(27(34)31(5)25(21)30-26)24-19(3)9-8-10-20(24)4/h8-14,17H,6-7,15-16,18H2,1-5H3,(H,28,29,30). The number of fused-ring (bicyclic) bond motifs is 1. The summed E-state index contributed by atoms with van der Waals surface area (Å²) in [5, 5.41) is 3.23. The van der Waals surface area contributed by atoms with E-state index in [2.05, 4.69) is 34.0 Å². The Labute approximate surface area is 207 Å². The van der Waals surface area contributed by atoms with Gasteiger partial charge < -0.3 is 15.0 Å². The average Bonchev–Trinajstić information content (AvgIpc) is 2.86. The van der Waals surface area contributed by atoms with E-state index in [1.165, 1.54) is 0 Å². The molecule has 0 bridgehead atoms. The van der Waals surface area contributed by atoms with Crippen LogP contribution >= 0.6 is 0 Å². The van der Waals surface area contributed by atoms with Crippen molar-refractivity contribution >= 4 is 29.2 Å². The number of urea groups is 1. The minimum atomic E-state index is -0.106. The normalized spacial score (nSPS) is 13.3. The maximum Gasteiger partial charge on any atom is 0.330 e. The summed E-state index contributed by atoms with van der Waals surface area (Å²) >= 11 is 0. The minimum Gasteiger partial charge on any atom is -0.492 e. The zero-order chi connectivity index (χ0) is 24.9. The number of para-hydroxylation sites is 1. The molecular weight excluding hydrogens is 440 g/mol. The van der Waals surface area contributed by atoms with Crippen LogP contribution in [0.2, 0.25) is 0 Å². The lowest BCUT2D eigenvalue weighted by atomic mass is 10.1. The lowest BCUT2D eigenvalue weighted by molar-refractivity contribution is 0.223. The smallest absolute Gasteiger partial charge is 0.330 e. The highest BCUT2D eigenvalue weighted by molar-refractivity contribution is 6.05. The molecule has 0 radical (unpaired) electrons. The minimum absolute atomic E-state index is 0.106. The second kappa shape index (κ2) is 10.7. The topological polar surface area (TPSA) is 73.8 Å². The second-order valence-corrected chi connectivity index (χ2v) is 8.74. The molecule has 0 spiro atoms. The Morgan fingerprint density at radius 2 is 1.74 bits per heavy atom. The fraction of sp³-hybridized carbons (Fsp3) is 0.370. The lowest BCUT2D eigenvalue weighted by Gasteiger charge is -2.35. The molecule has 0 unspecified atom stereocenters. The van der Waals surface area contributed by atoms with Gasteiger partial charge in [-0.2, -0.15) is 4.98 Å². The summed E-state index contributed by atoms with van der Waals surface area (Å²) < 4.78 is 5.86. The van der Waals surface area contributed by atoms with Crippen molar-refractivity contribution in [3.05, 3.63) is 65.4 Å². The molecular formula is C27H34N6O2. The summed E-state index contributed by atoms with van der Waals surface area (Å²) in [6, 6.07) is 13.7. The van der Waals surface area contributed by atoms with E-state index >= 15 is 0 Å². The maximum absolute atomic E-state index is 13.2. The molecule has 0 atom stereocenters. The Kier molecular flexibility index (Phi) is 7.51. The van der Waals surface area contributed by atoms with Crippen LogP contribution in [0.1, 0.15) is 30.5 Å². The van der Waals surface area contributed by atoms with E-state index in [4.69, 9.17) is 4.74 Å². The Morgan fingerprint density at radius 1 is 1.06 bits per heavy atom. The zero-order valence-corrected chi connectivity index (χ0v) is 21.2. The van der Waals surface area contributed by atoms with Crippen molar-refractivity contribution in [1.82, 2.24) is 14.9 Å². The van der Waals surface area contributed by atoms with Crippen LogP contribution in [0.5, 0.6) is 5.75 Å². The fourth-order valence-corrected chi connectivity index (χ4v) is 4.37. The number of amides is 2. The number of aryl methyl sites for hydroxylation is 2. The molecule has 0 aliphatic carbocycles. The molecule has 0 fully saturated rings. The van der Waals surface area contributed by atoms with Crippen molar-refractivity contribution in [2.24, 2.45) is 0 Å². The van der Waals surface area contributed by atoms with Gasteiger partial charge in [0.25, 0.3) is 0 Å². The molecule has 0 saturated heterocycles. The predicted octanol–water partition coefficient (Wildman–Crippen LogP) is 5.13. The van der Waals surface area contributed by atoms with E-state index in [1.54, 1.807) is 23.0 Å². The second-order valence-electron chi connectivity index (χ2n) is 8.74. The third-order valence-corrected chi connectivity index (χ3v) is 6.40. The molecule has 1 N–H and O–H groups in total. The molecule has 8 heteroatoms. The largest absolute Gasteiger partial charge is 0.492 e. The summed E-state index contributed by atoms with van der Waals surface area (Å²) in [7, 11) is 1.75. The van der Waals surface area contributed by atoms with Gasteiger partial charge in [-0.05, 0) is 62.3 Å². The molecule has 3 aromatic rings. The SMILES string of the molecule is CCN(CC)CCOc1ccc(Nc2ncc3c(n2)N(C)C(=O)N(c2c(C)cccc2C)C3)cc1. The number of hydrogen-bond donors (Lipinski definition) is 1. The van der Waals surface area contributed by atoms with Gasteiger partial charge in [-0.3, -0.25) is 9.80 Å². The first kappa shape index (κ1) is 24.5. The first-order valence-corrected chi connectivity index (χ1v) is 12.1. The van der Waals surface area contributed by atoms with Crippen LogP contribution in [0.25, 0.3) is 0 Å². The molecule has 35 heavy (non-hydrogen) atoms. The number of carbonyl (C=O) groups excluding carboxylic acids is 1. The Balaban J connectivity index is 1.45. The third kappa shape index (κ3) is 5.38. The number of hydrogen-bond acceptors (Lipinski definition) is 6. The van der Waals surface area contributed by atoms with Crippen molar-refractivity contribution in [1.29, 1.82) is 0 Å². The van der Waals surface area contributed by atoms with Crippen molar-refractivity contribution in [3.8, 4) is 5.75 Å². The van der Waals surface area contributed by atoms with E-state index < -0.39 is 0 Å². The van der Waals surface area contributed by atoms with Gasteiger partial charge in [-0.1, -0.05) is 32.0 Å². The van der Waals surface area contributed by atoms with Gasteiger partial charge in [-0.15, -0.1) is 0 Å². The van der Waals surface area contributed by atoms with Crippen LogP contribution in [0.15, 0.2) is 48.7 Å². The maximum atomic E-state index is 13.2. The number of nitrogens with zero attached hydrogens (tertiary/aromatic N) is 5. The highest BCUT2D eigenvalue weighted by Gasteiger charge is 2.32. The fourth-order valence-electron chi connectivity index (χ4n) is 4.37. The monoisotopic (exact) mass is 474 g/mol. The van der Waals surface area contributed by atoms with Crippen LogP contribution in [0.3, 0.4) is 0 Å². The first-order chi connectivity index (χ1) is 16.9. The molecule has 8 nitrogen and oxygen atoms in total. The molecule has 2 aromatic carbocycles. The first-order valence-electron chi connectivity index (χ1n) is 12.1. The van der Waals surface area contributed by atoms with Crippen LogP contribution in [0.4, 0.5) is 27.9 Å². The molecule has 1 aliphatic rings. The number of rotatable bonds is 9. The molecule has 1 aliphatic heterocycles. The Hall–Kier alpha value is -3.65. The van der Waals surface area contributed by atoms with E-state index in [1.807, 2.05) is 56.3 Å². The lowest BCUT2D eigenvalue weighted by Crippen LogP contribution is -2.46. The van der Waals surface area contributed by atoms with E-state index in [9.17, 15) is 4.79 Å². The van der Waals surface area contributed by atoms with E-state index in [-0.39, 0.29) is 6.03 Å². The third-order valence-electron chi connectivity index (χ3n) is 6.40. The number of likely N-dealkylation sites (N-methyl/N-ethyl adjacent to an activating group) is 1. The van der Waals surface area contributed by atoms with Gasteiger partial charge in [0.1, 0.15) is 18.2 Å². The van der Waals surface area contributed by atoms with Gasteiger partial charge in [-0.25, -0.2) is 9.78 Å². The Bertz CT molecular complexity index is 1160. The summed E-state index contributed by atoms with van der Waals surface area (Å²) in [6.07, 6.45) is 1.79. The highest BCUT2D eigenvalue weighted by Crippen LogP contribution is 2.33. The number of ether oxygens (including phenoxy) is 1.